The Morgan fingerprint density at radius 1 is 1.14 bits per heavy atom. The molecule has 0 radical (unpaired) electrons. The molecule has 1 unspecified atom stereocenters. The summed E-state index contributed by atoms with van der Waals surface area (Å²) in [6.45, 7) is 2.48. The van der Waals surface area contributed by atoms with Gasteiger partial charge in [0.25, 0.3) is 0 Å². The lowest BCUT2D eigenvalue weighted by molar-refractivity contribution is 0.228. The fourth-order valence-corrected chi connectivity index (χ4v) is 2.71. The second-order valence-corrected chi connectivity index (χ2v) is 5.40. The van der Waals surface area contributed by atoms with Crippen molar-refractivity contribution in [3.63, 3.8) is 0 Å². The molecule has 0 N–H and O–H groups in total. The van der Waals surface area contributed by atoms with Crippen LogP contribution in [0.5, 0.6) is 5.75 Å². The molecule has 1 fully saturated rings. The van der Waals surface area contributed by atoms with E-state index in [4.69, 9.17) is 4.74 Å². The summed E-state index contributed by atoms with van der Waals surface area (Å²) in [5.74, 6) is 1.65. The monoisotopic (exact) mass is 286 g/mol. The van der Waals surface area contributed by atoms with E-state index in [9.17, 15) is 4.39 Å². The van der Waals surface area contributed by atoms with E-state index in [0.29, 0.717) is 12.5 Å². The Morgan fingerprint density at radius 2 is 2.00 bits per heavy atom. The molecule has 2 aromatic rings. The van der Waals surface area contributed by atoms with Crippen LogP contribution in [0.3, 0.4) is 0 Å². The van der Waals surface area contributed by atoms with Crippen molar-refractivity contribution < 1.29 is 9.13 Å². The second-order valence-electron chi connectivity index (χ2n) is 5.40. The van der Waals surface area contributed by atoms with Gasteiger partial charge in [-0.25, -0.2) is 4.98 Å². The van der Waals surface area contributed by atoms with Gasteiger partial charge in [-0.05, 0) is 37.1 Å². The van der Waals surface area contributed by atoms with Crippen LogP contribution in [-0.4, -0.2) is 24.7 Å². The summed E-state index contributed by atoms with van der Waals surface area (Å²) < 4.78 is 19.1. The molecule has 0 bridgehead atoms. The number of hydrogen-bond donors (Lipinski definition) is 0. The number of rotatable bonds is 4. The van der Waals surface area contributed by atoms with Gasteiger partial charge in [-0.15, -0.1) is 0 Å². The molecule has 21 heavy (non-hydrogen) atoms. The fourth-order valence-electron chi connectivity index (χ4n) is 2.71. The molecule has 3 nitrogen and oxygen atoms in total. The fraction of sp³-hybridized carbons (Fsp3) is 0.353. The quantitative estimate of drug-likeness (QED) is 0.804. The number of benzene rings is 1. The zero-order valence-electron chi connectivity index (χ0n) is 11.9. The number of para-hydroxylation sites is 1. The van der Waals surface area contributed by atoms with E-state index in [-0.39, 0.29) is 0 Å². The van der Waals surface area contributed by atoms with Crippen LogP contribution in [0.2, 0.25) is 0 Å². The van der Waals surface area contributed by atoms with E-state index in [1.165, 1.54) is 6.07 Å². The molecular weight excluding hydrogens is 267 g/mol. The zero-order chi connectivity index (χ0) is 14.5. The van der Waals surface area contributed by atoms with E-state index in [1.807, 2.05) is 36.4 Å². The predicted molar refractivity (Wildman–Crippen MR) is 81.1 cm³/mol. The Bertz CT molecular complexity index is 576. The van der Waals surface area contributed by atoms with Gasteiger partial charge in [0.1, 0.15) is 11.6 Å². The van der Waals surface area contributed by atoms with Gasteiger partial charge in [-0.2, -0.15) is 4.39 Å². The molecule has 1 saturated heterocycles. The number of hydrogen-bond acceptors (Lipinski definition) is 3. The van der Waals surface area contributed by atoms with Gasteiger partial charge in [0.15, 0.2) is 0 Å². The standard InChI is InChI=1S/C17H19FN2O/c18-16-9-4-10-17(19-16)20-11-5-6-14(12-20)13-21-15-7-2-1-3-8-15/h1-4,7-10,14H,5-6,11-13H2. The van der Waals surface area contributed by atoms with Gasteiger partial charge in [0.2, 0.25) is 5.95 Å². The first-order valence-corrected chi connectivity index (χ1v) is 7.36. The topological polar surface area (TPSA) is 25.4 Å². The SMILES string of the molecule is Fc1cccc(N2CCCC(COc3ccccc3)C2)n1. The van der Waals surface area contributed by atoms with Crippen molar-refractivity contribution in [2.24, 2.45) is 5.92 Å². The van der Waals surface area contributed by atoms with Gasteiger partial charge in [-0.1, -0.05) is 24.3 Å². The molecule has 3 rings (SSSR count). The largest absolute Gasteiger partial charge is 0.493 e. The maximum absolute atomic E-state index is 13.2. The number of pyridine rings is 1. The van der Waals surface area contributed by atoms with E-state index in [2.05, 4.69) is 9.88 Å². The number of aromatic nitrogens is 1. The van der Waals surface area contributed by atoms with E-state index >= 15 is 0 Å². The lowest BCUT2D eigenvalue weighted by Gasteiger charge is -2.33. The maximum Gasteiger partial charge on any atom is 0.214 e. The molecule has 1 aliphatic heterocycles. The molecule has 1 aromatic heterocycles. The van der Waals surface area contributed by atoms with Gasteiger partial charge in [-0.3, -0.25) is 0 Å². The highest BCUT2D eigenvalue weighted by Crippen LogP contribution is 2.22. The Hall–Kier alpha value is -2.10. The molecular formula is C17H19FN2O. The van der Waals surface area contributed by atoms with Crippen LogP contribution in [0.1, 0.15) is 12.8 Å². The van der Waals surface area contributed by atoms with Gasteiger partial charge in [0.05, 0.1) is 6.61 Å². The molecule has 1 aliphatic rings. The summed E-state index contributed by atoms with van der Waals surface area (Å²) >= 11 is 0. The lowest BCUT2D eigenvalue weighted by Crippen LogP contribution is -2.38. The first kappa shape index (κ1) is 13.9. The zero-order valence-corrected chi connectivity index (χ0v) is 11.9. The van der Waals surface area contributed by atoms with Crippen molar-refractivity contribution in [1.82, 2.24) is 4.98 Å². The van der Waals surface area contributed by atoms with Crippen molar-refractivity contribution in [2.75, 3.05) is 24.6 Å². The number of anilines is 1. The highest BCUT2D eigenvalue weighted by Gasteiger charge is 2.21. The average Bonchev–Trinajstić information content (AvgIpc) is 2.54. The molecule has 0 spiro atoms. The van der Waals surface area contributed by atoms with Gasteiger partial charge >= 0.3 is 0 Å². The van der Waals surface area contributed by atoms with Crippen LogP contribution >= 0.6 is 0 Å². The summed E-state index contributed by atoms with van der Waals surface area (Å²) in [6.07, 6.45) is 2.22. The minimum absolute atomic E-state index is 0.421. The molecule has 1 atom stereocenters. The Labute approximate surface area is 124 Å². The van der Waals surface area contributed by atoms with Crippen molar-refractivity contribution in [2.45, 2.75) is 12.8 Å². The van der Waals surface area contributed by atoms with E-state index in [1.54, 1.807) is 6.07 Å². The highest BCUT2D eigenvalue weighted by atomic mass is 19.1. The number of halogens is 1. The summed E-state index contributed by atoms with van der Waals surface area (Å²) in [7, 11) is 0. The summed E-state index contributed by atoms with van der Waals surface area (Å²) in [6, 6.07) is 14.8. The van der Waals surface area contributed by atoms with Crippen LogP contribution in [-0.2, 0) is 0 Å². The molecule has 0 amide bonds. The second kappa shape index (κ2) is 6.57. The number of nitrogens with zero attached hydrogens (tertiary/aromatic N) is 2. The molecule has 0 saturated carbocycles. The van der Waals surface area contributed by atoms with Crippen LogP contribution in [0.15, 0.2) is 48.5 Å². The molecule has 1 aromatic carbocycles. The molecule has 110 valence electrons. The molecule has 4 heteroatoms. The van der Waals surface area contributed by atoms with Crippen molar-refractivity contribution in [3.8, 4) is 5.75 Å². The smallest absolute Gasteiger partial charge is 0.214 e. The summed E-state index contributed by atoms with van der Waals surface area (Å²) in [5, 5.41) is 0. The molecule has 0 aliphatic carbocycles. The first-order chi connectivity index (χ1) is 10.3. The van der Waals surface area contributed by atoms with Crippen LogP contribution in [0.25, 0.3) is 0 Å². The third-order valence-electron chi connectivity index (χ3n) is 3.77. The third-order valence-corrected chi connectivity index (χ3v) is 3.77. The normalized spacial score (nSPS) is 18.5. The maximum atomic E-state index is 13.2. The van der Waals surface area contributed by atoms with Gasteiger partial charge < -0.3 is 9.64 Å². The Kier molecular flexibility index (Phi) is 4.34. The summed E-state index contributed by atoms with van der Waals surface area (Å²) in [4.78, 5) is 6.11. The molecule has 2 heterocycles. The van der Waals surface area contributed by atoms with Gasteiger partial charge in [0, 0.05) is 19.0 Å². The van der Waals surface area contributed by atoms with E-state index in [0.717, 1.165) is 37.5 Å². The van der Waals surface area contributed by atoms with Crippen molar-refractivity contribution >= 4 is 5.82 Å². The Balaban J connectivity index is 1.58. The highest BCUT2D eigenvalue weighted by molar-refractivity contribution is 5.38. The average molecular weight is 286 g/mol. The lowest BCUT2D eigenvalue weighted by atomic mass is 9.99. The van der Waals surface area contributed by atoms with Crippen molar-refractivity contribution in [3.05, 3.63) is 54.5 Å². The number of ether oxygens (including phenoxy) is 1. The van der Waals surface area contributed by atoms with Crippen LogP contribution in [0.4, 0.5) is 10.2 Å². The minimum atomic E-state index is -0.421. The predicted octanol–water partition coefficient (Wildman–Crippen LogP) is 3.52. The van der Waals surface area contributed by atoms with Crippen LogP contribution in [0, 0.1) is 11.9 Å². The Morgan fingerprint density at radius 3 is 2.81 bits per heavy atom. The van der Waals surface area contributed by atoms with Crippen LogP contribution < -0.4 is 9.64 Å². The van der Waals surface area contributed by atoms with Crippen molar-refractivity contribution in [1.29, 1.82) is 0 Å². The minimum Gasteiger partial charge on any atom is -0.493 e. The van der Waals surface area contributed by atoms with E-state index < -0.39 is 5.95 Å². The number of piperidine rings is 1. The summed E-state index contributed by atoms with van der Waals surface area (Å²) in [5.41, 5.74) is 0. The first-order valence-electron chi connectivity index (χ1n) is 7.36. The third kappa shape index (κ3) is 3.72.